The Balaban J connectivity index is 2.02. The molecule has 0 atom stereocenters. The van der Waals surface area contributed by atoms with Crippen LogP contribution in [0.1, 0.15) is 12.8 Å². The van der Waals surface area contributed by atoms with Crippen LogP contribution in [0.5, 0.6) is 11.5 Å². The molecular weight excluding hydrogens is 222 g/mol. The van der Waals surface area contributed by atoms with Gasteiger partial charge < -0.3 is 15.2 Å². The van der Waals surface area contributed by atoms with Crippen molar-refractivity contribution in [2.75, 3.05) is 25.5 Å². The Morgan fingerprint density at radius 1 is 1.19 bits per heavy atom. The quantitative estimate of drug-likeness (QED) is 0.647. The van der Waals surface area contributed by atoms with Crippen molar-refractivity contribution in [1.82, 2.24) is 0 Å². The summed E-state index contributed by atoms with van der Waals surface area (Å²) in [7, 11) is 0. The van der Waals surface area contributed by atoms with Crippen LogP contribution in [-0.2, 0) is 0 Å². The van der Waals surface area contributed by atoms with Crippen LogP contribution in [0.25, 0.3) is 0 Å². The van der Waals surface area contributed by atoms with Crippen LogP contribution in [-0.4, -0.2) is 25.5 Å². The lowest BCUT2D eigenvalue weighted by molar-refractivity contribution is 0.297. The molecule has 1 heterocycles. The van der Waals surface area contributed by atoms with Gasteiger partial charge in [0.2, 0.25) is 0 Å². The molecule has 0 spiro atoms. The zero-order valence-corrected chi connectivity index (χ0v) is 10.1. The lowest BCUT2D eigenvalue weighted by atomic mass is 10.3. The number of hydrogen-bond donors (Lipinski definition) is 1. The maximum atomic E-state index is 5.63. The Kier molecular flexibility index (Phi) is 4.36. The molecule has 3 nitrogen and oxygen atoms in total. The largest absolute Gasteiger partial charge is 0.490 e. The molecule has 16 heavy (non-hydrogen) atoms. The second kappa shape index (κ2) is 6.01. The van der Waals surface area contributed by atoms with Gasteiger partial charge in [-0.3, -0.25) is 0 Å². The first-order valence-electron chi connectivity index (χ1n) is 5.62. The molecule has 88 valence electrons. The van der Waals surface area contributed by atoms with Gasteiger partial charge in [0.15, 0.2) is 11.5 Å². The van der Waals surface area contributed by atoms with E-state index in [-0.39, 0.29) is 0 Å². The lowest BCUT2D eigenvalue weighted by Crippen LogP contribution is -1.99. The highest BCUT2D eigenvalue weighted by atomic mass is 32.2. The summed E-state index contributed by atoms with van der Waals surface area (Å²) >= 11 is 1.81. The maximum absolute atomic E-state index is 5.63. The Morgan fingerprint density at radius 2 is 2.00 bits per heavy atom. The molecule has 2 N–H and O–H groups in total. The molecule has 0 bridgehead atoms. The summed E-state index contributed by atoms with van der Waals surface area (Å²) < 4.78 is 11.2. The highest BCUT2D eigenvalue weighted by Gasteiger charge is 2.10. The molecule has 0 radical (unpaired) electrons. The third kappa shape index (κ3) is 3.06. The van der Waals surface area contributed by atoms with E-state index in [9.17, 15) is 0 Å². The summed E-state index contributed by atoms with van der Waals surface area (Å²) in [5.74, 6) is 2.78. The van der Waals surface area contributed by atoms with Crippen LogP contribution >= 0.6 is 11.8 Å². The zero-order valence-electron chi connectivity index (χ0n) is 9.28. The average molecular weight is 239 g/mol. The molecule has 4 heteroatoms. The van der Waals surface area contributed by atoms with E-state index in [1.54, 1.807) is 0 Å². The van der Waals surface area contributed by atoms with Crippen molar-refractivity contribution in [3.63, 3.8) is 0 Å². The van der Waals surface area contributed by atoms with E-state index in [4.69, 9.17) is 15.2 Å². The first kappa shape index (κ1) is 11.6. The van der Waals surface area contributed by atoms with E-state index >= 15 is 0 Å². The van der Waals surface area contributed by atoms with Crippen LogP contribution in [0.15, 0.2) is 23.1 Å². The molecule has 0 saturated carbocycles. The standard InChI is InChI=1S/C12H17NO2S/c13-5-1-8-16-10-3-4-11-12(9-10)15-7-2-6-14-11/h3-4,9H,1-2,5-8,13H2. The average Bonchev–Trinajstić information content (AvgIpc) is 2.54. The van der Waals surface area contributed by atoms with Gasteiger partial charge >= 0.3 is 0 Å². The Morgan fingerprint density at radius 3 is 2.81 bits per heavy atom. The highest BCUT2D eigenvalue weighted by Crippen LogP contribution is 2.33. The normalized spacial score (nSPS) is 14.6. The van der Waals surface area contributed by atoms with Gasteiger partial charge in [-0.05, 0) is 36.9 Å². The highest BCUT2D eigenvalue weighted by molar-refractivity contribution is 7.99. The van der Waals surface area contributed by atoms with E-state index in [0.717, 1.165) is 49.9 Å². The van der Waals surface area contributed by atoms with Crippen LogP contribution in [0.2, 0.25) is 0 Å². The SMILES string of the molecule is NCCCSc1ccc2c(c1)OCCCO2. The molecule has 0 unspecified atom stereocenters. The number of fused-ring (bicyclic) bond motifs is 1. The fourth-order valence-electron chi connectivity index (χ4n) is 1.51. The zero-order chi connectivity index (χ0) is 11.2. The molecule has 0 saturated heterocycles. The third-order valence-electron chi connectivity index (χ3n) is 2.34. The fraction of sp³-hybridized carbons (Fsp3) is 0.500. The third-order valence-corrected chi connectivity index (χ3v) is 3.42. The van der Waals surface area contributed by atoms with E-state index in [1.807, 2.05) is 17.8 Å². The van der Waals surface area contributed by atoms with Crippen molar-refractivity contribution >= 4 is 11.8 Å². The maximum Gasteiger partial charge on any atom is 0.162 e. The van der Waals surface area contributed by atoms with Crippen LogP contribution < -0.4 is 15.2 Å². The molecule has 2 rings (SSSR count). The Hall–Kier alpha value is -0.870. The van der Waals surface area contributed by atoms with Gasteiger partial charge in [-0.15, -0.1) is 11.8 Å². The van der Waals surface area contributed by atoms with E-state index in [2.05, 4.69) is 12.1 Å². The number of hydrogen-bond acceptors (Lipinski definition) is 4. The van der Waals surface area contributed by atoms with Gasteiger partial charge in [0.1, 0.15) is 0 Å². The second-order valence-corrected chi connectivity index (χ2v) is 4.82. The topological polar surface area (TPSA) is 44.5 Å². The van der Waals surface area contributed by atoms with Crippen molar-refractivity contribution in [2.24, 2.45) is 5.73 Å². The van der Waals surface area contributed by atoms with Crippen LogP contribution in [0, 0.1) is 0 Å². The van der Waals surface area contributed by atoms with Gasteiger partial charge in [0, 0.05) is 11.3 Å². The monoisotopic (exact) mass is 239 g/mol. The van der Waals surface area contributed by atoms with Gasteiger partial charge in [0.25, 0.3) is 0 Å². The van der Waals surface area contributed by atoms with Crippen molar-refractivity contribution in [1.29, 1.82) is 0 Å². The van der Waals surface area contributed by atoms with Gasteiger partial charge in [-0.2, -0.15) is 0 Å². The lowest BCUT2D eigenvalue weighted by Gasteiger charge is -2.08. The number of rotatable bonds is 4. The predicted molar refractivity (Wildman–Crippen MR) is 66.4 cm³/mol. The van der Waals surface area contributed by atoms with Gasteiger partial charge in [0.05, 0.1) is 13.2 Å². The number of thioether (sulfide) groups is 1. The smallest absolute Gasteiger partial charge is 0.162 e. The molecule has 0 aliphatic carbocycles. The van der Waals surface area contributed by atoms with Crippen molar-refractivity contribution in [3.05, 3.63) is 18.2 Å². The summed E-state index contributed by atoms with van der Waals surface area (Å²) in [6, 6.07) is 6.13. The first-order valence-corrected chi connectivity index (χ1v) is 6.61. The van der Waals surface area contributed by atoms with Crippen LogP contribution in [0.3, 0.4) is 0 Å². The summed E-state index contributed by atoms with van der Waals surface area (Å²) in [6.45, 7) is 2.23. The Bertz CT molecular complexity index is 344. The minimum absolute atomic E-state index is 0.740. The minimum atomic E-state index is 0.740. The number of ether oxygens (including phenoxy) is 2. The summed E-state index contributed by atoms with van der Waals surface area (Å²) in [4.78, 5) is 1.22. The van der Waals surface area contributed by atoms with E-state index < -0.39 is 0 Å². The first-order chi connectivity index (χ1) is 7.90. The van der Waals surface area contributed by atoms with E-state index in [0.29, 0.717) is 0 Å². The molecule has 1 aromatic rings. The van der Waals surface area contributed by atoms with Crippen molar-refractivity contribution in [3.8, 4) is 11.5 Å². The molecule has 0 fully saturated rings. The van der Waals surface area contributed by atoms with Crippen molar-refractivity contribution in [2.45, 2.75) is 17.7 Å². The summed E-state index contributed by atoms with van der Waals surface area (Å²) in [6.07, 6.45) is 1.99. The predicted octanol–water partition coefficient (Wildman–Crippen LogP) is 2.29. The molecule has 1 aromatic carbocycles. The molecular formula is C12H17NO2S. The second-order valence-electron chi connectivity index (χ2n) is 3.65. The number of nitrogens with two attached hydrogens (primary N) is 1. The van der Waals surface area contributed by atoms with Crippen LogP contribution in [0.4, 0.5) is 0 Å². The fourth-order valence-corrected chi connectivity index (χ4v) is 2.41. The Labute approximate surface area is 100 Å². The molecule has 1 aliphatic rings. The number of benzene rings is 1. The van der Waals surface area contributed by atoms with Gasteiger partial charge in [-0.25, -0.2) is 0 Å². The summed E-state index contributed by atoms with van der Waals surface area (Å²) in [5.41, 5.74) is 5.47. The minimum Gasteiger partial charge on any atom is -0.490 e. The van der Waals surface area contributed by atoms with E-state index in [1.165, 1.54) is 4.90 Å². The summed E-state index contributed by atoms with van der Waals surface area (Å²) in [5, 5.41) is 0. The molecule has 0 amide bonds. The molecule has 1 aliphatic heterocycles. The molecule has 0 aromatic heterocycles. The van der Waals surface area contributed by atoms with Gasteiger partial charge in [-0.1, -0.05) is 0 Å². The van der Waals surface area contributed by atoms with Crippen molar-refractivity contribution < 1.29 is 9.47 Å².